The molecule has 0 aromatic carbocycles. The first kappa shape index (κ1) is 23.5. The highest BCUT2D eigenvalue weighted by atomic mass is 32.1. The lowest BCUT2D eigenvalue weighted by molar-refractivity contribution is -0.134. The molecule has 1 atom stereocenters. The summed E-state index contributed by atoms with van der Waals surface area (Å²) in [5.41, 5.74) is 0.994. The number of piperidine rings is 1. The maximum absolute atomic E-state index is 13.3. The van der Waals surface area contributed by atoms with Gasteiger partial charge in [-0.15, -0.1) is 22.7 Å². The van der Waals surface area contributed by atoms with E-state index in [1.54, 1.807) is 27.7 Å². The summed E-state index contributed by atoms with van der Waals surface area (Å²) in [4.78, 5) is 30.2. The lowest BCUT2D eigenvalue weighted by Crippen LogP contribution is -2.51. The fraction of sp³-hybridized carbons (Fsp3) is 0.560. The number of carbonyl (C=O) groups is 2. The highest BCUT2D eigenvalue weighted by Gasteiger charge is 2.35. The zero-order chi connectivity index (χ0) is 23.3. The lowest BCUT2D eigenvalue weighted by atomic mass is 9.96. The zero-order valence-corrected chi connectivity index (χ0v) is 21.1. The van der Waals surface area contributed by atoms with Gasteiger partial charge in [0.1, 0.15) is 0 Å². The van der Waals surface area contributed by atoms with E-state index in [0.717, 1.165) is 55.8 Å². The second-order valence-electron chi connectivity index (χ2n) is 9.50. The molecule has 9 heteroatoms. The van der Waals surface area contributed by atoms with Gasteiger partial charge in [-0.1, -0.05) is 31.4 Å². The van der Waals surface area contributed by atoms with E-state index < -0.39 is 0 Å². The zero-order valence-electron chi connectivity index (χ0n) is 19.4. The van der Waals surface area contributed by atoms with Crippen molar-refractivity contribution >= 4 is 40.3 Å². The van der Waals surface area contributed by atoms with Crippen LogP contribution in [0.2, 0.25) is 0 Å². The van der Waals surface area contributed by atoms with Crippen LogP contribution in [0.3, 0.4) is 0 Å². The summed E-state index contributed by atoms with van der Waals surface area (Å²) >= 11 is 3.35. The quantitative estimate of drug-likeness (QED) is 0.611. The van der Waals surface area contributed by atoms with Crippen LogP contribution in [0.15, 0.2) is 40.1 Å². The minimum Gasteiger partial charge on any atom is -0.335 e. The van der Waals surface area contributed by atoms with Gasteiger partial charge in [0.15, 0.2) is 0 Å². The van der Waals surface area contributed by atoms with Gasteiger partial charge in [0.2, 0.25) is 0 Å². The normalized spacial score (nSPS) is 22.5. The molecule has 0 radical (unpaired) electrons. The van der Waals surface area contributed by atoms with Crippen molar-refractivity contribution in [3.63, 3.8) is 0 Å². The van der Waals surface area contributed by atoms with Crippen LogP contribution in [0.5, 0.6) is 0 Å². The first-order valence-electron chi connectivity index (χ1n) is 12.4. The third-order valence-corrected chi connectivity index (χ3v) is 8.96. The molecule has 34 heavy (non-hydrogen) atoms. The molecule has 5 rings (SSSR count). The molecule has 1 saturated heterocycles. The van der Waals surface area contributed by atoms with Crippen LogP contribution in [-0.4, -0.2) is 59.3 Å². The van der Waals surface area contributed by atoms with Gasteiger partial charge in [-0.05, 0) is 48.6 Å². The first-order valence-corrected chi connectivity index (χ1v) is 14.2. The number of hydrogen-bond donors (Lipinski definition) is 2. The maximum Gasteiger partial charge on any atom is 0.315 e. The van der Waals surface area contributed by atoms with Crippen LogP contribution in [0, 0.1) is 0 Å². The van der Waals surface area contributed by atoms with E-state index in [0.29, 0.717) is 12.6 Å². The highest BCUT2D eigenvalue weighted by Crippen LogP contribution is 2.36. The van der Waals surface area contributed by atoms with Gasteiger partial charge < -0.3 is 10.6 Å². The Morgan fingerprint density at radius 3 is 2.32 bits per heavy atom. The van der Waals surface area contributed by atoms with Gasteiger partial charge >= 0.3 is 6.03 Å². The smallest absolute Gasteiger partial charge is 0.315 e. The van der Waals surface area contributed by atoms with Crippen molar-refractivity contribution in [2.24, 2.45) is 5.10 Å². The Morgan fingerprint density at radius 1 is 0.941 bits per heavy atom. The number of carbonyl (C=O) groups excluding carboxylic acids is 2. The standard InChI is InChI=1S/C25H33N5O2S2/c31-24(30-21(23-9-5-15-34-23)16-20(28-30)22-8-4-14-33-22)17-29-12-10-19(11-13-29)27-25(32)26-18-6-2-1-3-7-18/h4-5,8-9,14-15,18-19,21H,1-3,6-7,10-13,16-17H2,(H2,26,27,32). The minimum absolute atomic E-state index is 0.0210. The number of nitrogens with one attached hydrogen (secondary N) is 2. The number of urea groups is 1. The van der Waals surface area contributed by atoms with E-state index in [-0.39, 0.29) is 24.0 Å². The fourth-order valence-electron chi connectivity index (χ4n) is 5.19. The second kappa shape index (κ2) is 11.0. The highest BCUT2D eigenvalue weighted by molar-refractivity contribution is 7.12. The number of nitrogens with zero attached hydrogens (tertiary/aromatic N) is 3. The number of amides is 3. The summed E-state index contributed by atoms with van der Waals surface area (Å²) < 4.78 is 0. The molecule has 3 aliphatic rings. The second-order valence-corrected chi connectivity index (χ2v) is 11.4. The molecule has 2 aliphatic heterocycles. The number of thiophene rings is 2. The maximum atomic E-state index is 13.3. The molecule has 2 N–H and O–H groups in total. The molecule has 0 bridgehead atoms. The summed E-state index contributed by atoms with van der Waals surface area (Å²) in [6.07, 6.45) is 8.37. The van der Waals surface area contributed by atoms with Crippen molar-refractivity contribution < 1.29 is 9.59 Å². The predicted octanol–water partition coefficient (Wildman–Crippen LogP) is 4.58. The Labute approximate surface area is 209 Å². The molecular weight excluding hydrogens is 466 g/mol. The number of hydrogen-bond acceptors (Lipinski definition) is 6. The number of likely N-dealkylation sites (tertiary alicyclic amines) is 1. The molecule has 2 aromatic rings. The first-order chi connectivity index (χ1) is 16.7. The fourth-order valence-corrected chi connectivity index (χ4v) is 6.73. The van der Waals surface area contributed by atoms with Crippen molar-refractivity contribution in [3.8, 4) is 0 Å². The third kappa shape index (κ3) is 5.70. The van der Waals surface area contributed by atoms with Crippen molar-refractivity contribution in [3.05, 3.63) is 44.8 Å². The Balaban J connectivity index is 1.13. The van der Waals surface area contributed by atoms with Crippen molar-refractivity contribution in [1.82, 2.24) is 20.5 Å². The SMILES string of the molecule is O=C(NC1CCCCC1)NC1CCN(CC(=O)N2N=C(c3cccs3)CC2c2cccs2)CC1. The Kier molecular flexibility index (Phi) is 7.61. The van der Waals surface area contributed by atoms with Crippen molar-refractivity contribution in [2.45, 2.75) is 69.5 Å². The molecule has 0 spiro atoms. The van der Waals surface area contributed by atoms with E-state index in [2.05, 4.69) is 38.4 Å². The Hall–Kier alpha value is -2.23. The van der Waals surface area contributed by atoms with Gasteiger partial charge in [-0.2, -0.15) is 5.10 Å². The van der Waals surface area contributed by atoms with Gasteiger partial charge in [0.05, 0.1) is 23.2 Å². The minimum atomic E-state index is -0.0345. The van der Waals surface area contributed by atoms with E-state index in [1.807, 2.05) is 12.1 Å². The van der Waals surface area contributed by atoms with Crippen LogP contribution in [0.1, 0.15) is 67.2 Å². The number of rotatable bonds is 6. The topological polar surface area (TPSA) is 77.0 Å². The summed E-state index contributed by atoms with van der Waals surface area (Å²) in [7, 11) is 0. The van der Waals surface area contributed by atoms with Gasteiger partial charge in [-0.25, -0.2) is 9.80 Å². The van der Waals surface area contributed by atoms with E-state index >= 15 is 0 Å². The Morgan fingerprint density at radius 2 is 1.65 bits per heavy atom. The molecule has 1 saturated carbocycles. The molecular formula is C25H33N5O2S2. The van der Waals surface area contributed by atoms with Crippen molar-refractivity contribution in [1.29, 1.82) is 0 Å². The van der Waals surface area contributed by atoms with Crippen LogP contribution in [0.25, 0.3) is 0 Å². The summed E-state index contributed by atoms with van der Waals surface area (Å²) in [5.74, 6) is 0.0476. The Bertz CT molecular complexity index is 977. The monoisotopic (exact) mass is 499 g/mol. The van der Waals surface area contributed by atoms with Crippen LogP contribution in [0.4, 0.5) is 4.79 Å². The van der Waals surface area contributed by atoms with E-state index in [1.165, 1.54) is 24.1 Å². The van der Waals surface area contributed by atoms with Gasteiger partial charge in [-0.3, -0.25) is 9.69 Å². The molecule has 182 valence electrons. The molecule has 4 heterocycles. The molecule has 3 amide bonds. The summed E-state index contributed by atoms with van der Waals surface area (Å²) in [5, 5.41) is 16.9. The van der Waals surface area contributed by atoms with Crippen LogP contribution < -0.4 is 10.6 Å². The average molecular weight is 500 g/mol. The lowest BCUT2D eigenvalue weighted by Gasteiger charge is -2.33. The third-order valence-electron chi connectivity index (χ3n) is 7.07. The van der Waals surface area contributed by atoms with Crippen LogP contribution in [-0.2, 0) is 4.79 Å². The largest absolute Gasteiger partial charge is 0.335 e. The summed E-state index contributed by atoms with van der Waals surface area (Å²) in [6.45, 7) is 1.97. The molecule has 2 aromatic heterocycles. The van der Waals surface area contributed by atoms with E-state index in [9.17, 15) is 9.59 Å². The molecule has 2 fully saturated rings. The molecule has 7 nitrogen and oxygen atoms in total. The van der Waals surface area contributed by atoms with E-state index in [4.69, 9.17) is 5.10 Å². The van der Waals surface area contributed by atoms with Crippen LogP contribution >= 0.6 is 22.7 Å². The molecule has 1 unspecified atom stereocenters. The van der Waals surface area contributed by atoms with Gasteiger partial charge in [0.25, 0.3) is 5.91 Å². The predicted molar refractivity (Wildman–Crippen MR) is 137 cm³/mol. The average Bonchev–Trinajstić information content (AvgIpc) is 3.62. The summed E-state index contributed by atoms with van der Waals surface area (Å²) in [6, 6.07) is 8.67. The van der Waals surface area contributed by atoms with Gasteiger partial charge in [0, 0.05) is 36.5 Å². The number of hydrazone groups is 1. The molecule has 1 aliphatic carbocycles. The van der Waals surface area contributed by atoms with Crippen molar-refractivity contribution in [2.75, 3.05) is 19.6 Å².